The van der Waals surface area contributed by atoms with E-state index in [1.807, 2.05) is 6.92 Å². The molecule has 1 amide bonds. The Hall–Kier alpha value is -1.73. The summed E-state index contributed by atoms with van der Waals surface area (Å²) in [5.74, 6) is 0.234. The number of aromatic nitrogens is 2. The van der Waals surface area contributed by atoms with Gasteiger partial charge in [0.1, 0.15) is 0 Å². The van der Waals surface area contributed by atoms with Gasteiger partial charge in [0.15, 0.2) is 17.8 Å². The lowest BCUT2D eigenvalue weighted by molar-refractivity contribution is 0.0923. The molecule has 1 aliphatic rings. The van der Waals surface area contributed by atoms with Gasteiger partial charge in [0, 0.05) is 13.6 Å². The highest BCUT2D eigenvalue weighted by atomic mass is 16.2. The number of nitrogens with one attached hydrogen (secondary N) is 2. The van der Waals surface area contributed by atoms with Gasteiger partial charge in [0.25, 0.3) is 5.91 Å². The standard InChI is InChI=1S/C10H16N6O/c1-3-12-4-6-5-13-8-7(14-6)9(17)15-10(11)16(8)2/h5,10,12H,3-4,11H2,1-2H3,(H,15,17)/t10-/m0/s1. The van der Waals surface area contributed by atoms with Crippen LogP contribution in [-0.4, -0.2) is 35.8 Å². The van der Waals surface area contributed by atoms with Crippen LogP contribution in [0.4, 0.5) is 5.82 Å². The van der Waals surface area contributed by atoms with Crippen LogP contribution >= 0.6 is 0 Å². The van der Waals surface area contributed by atoms with Gasteiger partial charge in [-0.05, 0) is 6.54 Å². The average Bonchev–Trinajstić information content (AvgIpc) is 2.33. The highest BCUT2D eigenvalue weighted by molar-refractivity contribution is 5.98. The van der Waals surface area contributed by atoms with Crippen LogP contribution in [0.15, 0.2) is 6.20 Å². The molecule has 17 heavy (non-hydrogen) atoms. The van der Waals surface area contributed by atoms with E-state index in [4.69, 9.17) is 5.73 Å². The predicted molar refractivity (Wildman–Crippen MR) is 63.3 cm³/mol. The fraction of sp³-hybridized carbons (Fsp3) is 0.500. The minimum absolute atomic E-state index is 0.281. The van der Waals surface area contributed by atoms with Crippen LogP contribution in [0, 0.1) is 0 Å². The molecule has 0 spiro atoms. The van der Waals surface area contributed by atoms with Gasteiger partial charge in [0.05, 0.1) is 11.9 Å². The van der Waals surface area contributed by atoms with Crippen LogP contribution in [0.25, 0.3) is 0 Å². The smallest absolute Gasteiger partial charge is 0.276 e. The number of carbonyl (C=O) groups is 1. The molecule has 4 N–H and O–H groups in total. The molecule has 0 unspecified atom stereocenters. The van der Waals surface area contributed by atoms with E-state index in [1.54, 1.807) is 18.1 Å². The Morgan fingerprint density at radius 3 is 3.12 bits per heavy atom. The number of rotatable bonds is 3. The number of fused-ring (bicyclic) bond motifs is 1. The molecular weight excluding hydrogens is 220 g/mol. The summed E-state index contributed by atoms with van der Waals surface area (Å²) in [5, 5.41) is 5.74. The third kappa shape index (κ3) is 2.20. The minimum Gasteiger partial charge on any atom is -0.325 e. The first-order valence-corrected chi connectivity index (χ1v) is 5.49. The average molecular weight is 236 g/mol. The first-order chi connectivity index (χ1) is 8.13. The zero-order valence-corrected chi connectivity index (χ0v) is 9.90. The van der Waals surface area contributed by atoms with Gasteiger partial charge >= 0.3 is 0 Å². The van der Waals surface area contributed by atoms with E-state index in [2.05, 4.69) is 20.6 Å². The van der Waals surface area contributed by atoms with E-state index in [0.29, 0.717) is 18.1 Å². The van der Waals surface area contributed by atoms with Gasteiger partial charge in [-0.25, -0.2) is 9.97 Å². The number of nitrogens with two attached hydrogens (primary N) is 1. The third-order valence-electron chi connectivity index (χ3n) is 2.60. The van der Waals surface area contributed by atoms with Crippen molar-refractivity contribution in [3.8, 4) is 0 Å². The molecule has 7 nitrogen and oxygen atoms in total. The van der Waals surface area contributed by atoms with Gasteiger partial charge in [-0.3, -0.25) is 10.5 Å². The van der Waals surface area contributed by atoms with Crippen LogP contribution in [0.1, 0.15) is 23.1 Å². The predicted octanol–water partition coefficient (Wildman–Crippen LogP) is -0.992. The van der Waals surface area contributed by atoms with Crippen molar-refractivity contribution in [2.24, 2.45) is 5.73 Å². The van der Waals surface area contributed by atoms with Crippen molar-refractivity contribution in [1.82, 2.24) is 20.6 Å². The minimum atomic E-state index is -0.552. The van der Waals surface area contributed by atoms with Gasteiger partial charge in [-0.2, -0.15) is 0 Å². The first-order valence-electron chi connectivity index (χ1n) is 5.49. The molecule has 2 rings (SSSR count). The molecule has 0 aliphatic carbocycles. The Morgan fingerprint density at radius 1 is 1.65 bits per heavy atom. The molecule has 1 aromatic heterocycles. The van der Waals surface area contributed by atoms with Crippen LogP contribution in [0.2, 0.25) is 0 Å². The maximum absolute atomic E-state index is 11.7. The summed E-state index contributed by atoms with van der Waals surface area (Å²) in [6, 6.07) is 0. The summed E-state index contributed by atoms with van der Waals surface area (Å²) in [5.41, 5.74) is 6.78. The molecule has 1 aliphatic heterocycles. The first kappa shape index (κ1) is 11.7. The maximum Gasteiger partial charge on any atom is 0.276 e. The third-order valence-corrected chi connectivity index (χ3v) is 2.60. The molecule has 0 fully saturated rings. The van der Waals surface area contributed by atoms with E-state index in [-0.39, 0.29) is 5.91 Å². The van der Waals surface area contributed by atoms with Gasteiger partial charge < -0.3 is 15.5 Å². The second kappa shape index (κ2) is 4.64. The summed E-state index contributed by atoms with van der Waals surface area (Å²) in [4.78, 5) is 21.9. The quantitative estimate of drug-likeness (QED) is 0.623. The van der Waals surface area contributed by atoms with E-state index < -0.39 is 6.29 Å². The number of amides is 1. The number of carbonyl (C=O) groups excluding carboxylic acids is 1. The SMILES string of the molecule is CCNCc1cnc2c(n1)C(=O)N[C@H](N)N2C. The molecule has 0 aromatic carbocycles. The molecule has 7 heteroatoms. The van der Waals surface area contributed by atoms with Crippen LogP contribution in [0.5, 0.6) is 0 Å². The molecule has 1 aromatic rings. The summed E-state index contributed by atoms with van der Waals surface area (Å²) in [7, 11) is 1.77. The fourth-order valence-corrected chi connectivity index (χ4v) is 1.60. The Balaban J connectivity index is 2.31. The summed E-state index contributed by atoms with van der Waals surface area (Å²) in [6.07, 6.45) is 1.10. The summed E-state index contributed by atoms with van der Waals surface area (Å²) < 4.78 is 0. The van der Waals surface area contributed by atoms with Gasteiger partial charge in [0.2, 0.25) is 0 Å². The lowest BCUT2D eigenvalue weighted by atomic mass is 10.3. The molecular formula is C10H16N6O. The van der Waals surface area contributed by atoms with Crippen LogP contribution < -0.4 is 21.3 Å². The second-order valence-corrected chi connectivity index (χ2v) is 3.84. The highest BCUT2D eigenvalue weighted by Gasteiger charge is 2.28. The Labute approximate surface area is 99.4 Å². The van der Waals surface area contributed by atoms with Crippen LogP contribution in [-0.2, 0) is 6.54 Å². The largest absolute Gasteiger partial charge is 0.325 e. The fourth-order valence-electron chi connectivity index (χ4n) is 1.60. The van der Waals surface area contributed by atoms with Crippen molar-refractivity contribution >= 4 is 11.7 Å². The topological polar surface area (TPSA) is 96.2 Å². The Morgan fingerprint density at radius 2 is 2.41 bits per heavy atom. The number of anilines is 1. The highest BCUT2D eigenvalue weighted by Crippen LogP contribution is 2.18. The molecule has 92 valence electrons. The van der Waals surface area contributed by atoms with E-state index >= 15 is 0 Å². The summed E-state index contributed by atoms with van der Waals surface area (Å²) >= 11 is 0. The van der Waals surface area contributed by atoms with Crippen molar-refractivity contribution in [3.63, 3.8) is 0 Å². The monoisotopic (exact) mass is 236 g/mol. The van der Waals surface area contributed by atoms with Gasteiger partial charge in [-0.15, -0.1) is 0 Å². The Bertz CT molecular complexity index is 435. The molecule has 0 saturated heterocycles. The Kier molecular flexibility index (Phi) is 3.21. The lowest BCUT2D eigenvalue weighted by Gasteiger charge is -2.31. The van der Waals surface area contributed by atoms with E-state index in [0.717, 1.165) is 12.2 Å². The number of nitrogens with zero attached hydrogens (tertiary/aromatic N) is 3. The van der Waals surface area contributed by atoms with Crippen molar-refractivity contribution < 1.29 is 4.79 Å². The van der Waals surface area contributed by atoms with E-state index in [9.17, 15) is 4.79 Å². The molecule has 0 bridgehead atoms. The molecule has 2 heterocycles. The zero-order valence-electron chi connectivity index (χ0n) is 9.90. The number of hydrogen-bond acceptors (Lipinski definition) is 6. The number of hydrogen-bond donors (Lipinski definition) is 3. The van der Waals surface area contributed by atoms with Crippen molar-refractivity contribution in [3.05, 3.63) is 17.6 Å². The summed E-state index contributed by atoms with van der Waals surface area (Å²) in [6.45, 7) is 3.45. The normalized spacial score (nSPS) is 18.9. The van der Waals surface area contributed by atoms with Gasteiger partial charge in [-0.1, -0.05) is 6.92 Å². The van der Waals surface area contributed by atoms with Crippen molar-refractivity contribution in [1.29, 1.82) is 0 Å². The molecule has 1 atom stereocenters. The maximum atomic E-state index is 11.7. The molecule has 0 radical (unpaired) electrons. The lowest BCUT2D eigenvalue weighted by Crippen LogP contribution is -2.57. The van der Waals surface area contributed by atoms with E-state index in [1.165, 1.54) is 0 Å². The zero-order chi connectivity index (χ0) is 12.4. The second-order valence-electron chi connectivity index (χ2n) is 3.84. The van der Waals surface area contributed by atoms with Crippen molar-refractivity contribution in [2.75, 3.05) is 18.5 Å². The molecule has 0 saturated carbocycles. The van der Waals surface area contributed by atoms with Crippen LogP contribution in [0.3, 0.4) is 0 Å². The van der Waals surface area contributed by atoms with Crippen molar-refractivity contribution in [2.45, 2.75) is 19.8 Å².